The molecule has 0 aliphatic heterocycles. The summed E-state index contributed by atoms with van der Waals surface area (Å²) >= 11 is 1.76. The first-order valence-electron chi connectivity index (χ1n) is 7.60. The van der Waals surface area contributed by atoms with Gasteiger partial charge in [-0.2, -0.15) is 0 Å². The van der Waals surface area contributed by atoms with Crippen LogP contribution < -0.4 is 10.6 Å². The van der Waals surface area contributed by atoms with Crippen LogP contribution in [0.1, 0.15) is 56.3 Å². The number of rotatable bonds is 8. The fraction of sp³-hybridized carbons (Fsp3) is 0.733. The smallest absolute Gasteiger partial charge is 0.191 e. The van der Waals surface area contributed by atoms with E-state index in [0.717, 1.165) is 23.9 Å². The van der Waals surface area contributed by atoms with Gasteiger partial charge in [0.05, 0.1) is 6.54 Å². The Bertz CT molecular complexity index is 406. The quantitative estimate of drug-likeness (QED) is 0.288. The van der Waals surface area contributed by atoms with Crippen LogP contribution in [0.5, 0.6) is 0 Å². The lowest BCUT2D eigenvalue weighted by molar-refractivity contribution is 0.546. The van der Waals surface area contributed by atoms with Crippen LogP contribution in [0, 0.1) is 0 Å². The average molecular weight is 424 g/mol. The molecule has 1 atom stereocenters. The monoisotopic (exact) mass is 424 g/mol. The number of guanidine groups is 1. The molecule has 0 radical (unpaired) electrons. The van der Waals surface area contributed by atoms with Gasteiger partial charge in [-0.3, -0.25) is 4.99 Å². The Morgan fingerprint density at radius 3 is 2.71 bits per heavy atom. The maximum atomic E-state index is 4.41. The Hall–Kier alpha value is -0.370. The summed E-state index contributed by atoms with van der Waals surface area (Å²) in [7, 11) is 1.81. The number of hydrogen-bond acceptors (Lipinski definition) is 3. The highest BCUT2D eigenvalue weighted by molar-refractivity contribution is 14.0. The van der Waals surface area contributed by atoms with E-state index in [0.29, 0.717) is 6.04 Å². The lowest BCUT2D eigenvalue weighted by atomic mass is 10.1. The van der Waals surface area contributed by atoms with Gasteiger partial charge in [-0.05, 0) is 19.8 Å². The van der Waals surface area contributed by atoms with Gasteiger partial charge in [0.15, 0.2) is 5.96 Å². The molecule has 6 heteroatoms. The van der Waals surface area contributed by atoms with Gasteiger partial charge in [0.1, 0.15) is 5.01 Å². The number of hydrogen-bond donors (Lipinski definition) is 2. The van der Waals surface area contributed by atoms with Crippen LogP contribution in [0.15, 0.2) is 11.2 Å². The fourth-order valence-corrected chi connectivity index (χ4v) is 2.76. The van der Waals surface area contributed by atoms with Gasteiger partial charge >= 0.3 is 0 Å². The van der Waals surface area contributed by atoms with Crippen LogP contribution in [-0.4, -0.2) is 24.0 Å². The Labute approximate surface area is 150 Å². The van der Waals surface area contributed by atoms with Crippen molar-refractivity contribution in [1.82, 2.24) is 15.6 Å². The summed E-state index contributed by atoms with van der Waals surface area (Å²) in [4.78, 5) is 10.0. The van der Waals surface area contributed by atoms with Gasteiger partial charge in [0.25, 0.3) is 0 Å². The van der Waals surface area contributed by atoms with Crippen molar-refractivity contribution in [2.75, 3.05) is 7.05 Å². The zero-order valence-corrected chi connectivity index (χ0v) is 16.8. The zero-order chi connectivity index (χ0) is 14.8. The molecular formula is C15H29IN4S. The molecule has 1 aromatic heterocycles. The number of nitrogens with one attached hydrogen (secondary N) is 2. The van der Waals surface area contributed by atoms with Gasteiger partial charge in [-0.15, -0.1) is 35.3 Å². The van der Waals surface area contributed by atoms with Crippen molar-refractivity contribution in [1.29, 1.82) is 0 Å². The van der Waals surface area contributed by atoms with Gasteiger partial charge in [-0.1, -0.05) is 33.1 Å². The third-order valence-electron chi connectivity index (χ3n) is 3.20. The third-order valence-corrected chi connectivity index (χ3v) is 4.35. The van der Waals surface area contributed by atoms with Gasteiger partial charge < -0.3 is 10.6 Å². The molecule has 0 aromatic carbocycles. The second-order valence-corrected chi connectivity index (χ2v) is 6.24. The lowest BCUT2D eigenvalue weighted by Gasteiger charge is -2.17. The number of unbranched alkanes of at least 4 members (excludes halogenated alkanes) is 2. The molecule has 21 heavy (non-hydrogen) atoms. The number of aliphatic imine (C=N–C) groups is 1. The van der Waals surface area contributed by atoms with Crippen LogP contribution in [0.3, 0.4) is 0 Å². The van der Waals surface area contributed by atoms with E-state index in [2.05, 4.69) is 41.4 Å². The molecule has 0 spiro atoms. The predicted octanol–water partition coefficient (Wildman–Crippen LogP) is 3.96. The minimum Gasteiger partial charge on any atom is -0.354 e. The average Bonchev–Trinajstić information content (AvgIpc) is 2.91. The molecule has 1 heterocycles. The maximum absolute atomic E-state index is 4.41. The summed E-state index contributed by atoms with van der Waals surface area (Å²) in [5, 5.41) is 7.88. The minimum absolute atomic E-state index is 0. The normalized spacial score (nSPS) is 12.7. The van der Waals surface area contributed by atoms with Crippen molar-refractivity contribution in [3.63, 3.8) is 0 Å². The van der Waals surface area contributed by atoms with Crippen LogP contribution in [0.25, 0.3) is 0 Å². The van der Waals surface area contributed by atoms with Crippen LogP contribution in [0.4, 0.5) is 0 Å². The fourth-order valence-electron chi connectivity index (χ4n) is 1.95. The highest BCUT2D eigenvalue weighted by Crippen LogP contribution is 2.12. The second-order valence-electron chi connectivity index (χ2n) is 5.04. The van der Waals surface area contributed by atoms with Crippen LogP contribution in [-0.2, 0) is 13.0 Å². The van der Waals surface area contributed by atoms with E-state index in [1.807, 2.05) is 13.2 Å². The Kier molecular flexibility index (Phi) is 12.0. The molecule has 0 aliphatic rings. The molecule has 2 N–H and O–H groups in total. The van der Waals surface area contributed by atoms with Crippen molar-refractivity contribution < 1.29 is 0 Å². The number of thiazole rings is 1. The molecule has 1 unspecified atom stereocenters. The molecule has 0 fully saturated rings. The van der Waals surface area contributed by atoms with Crippen molar-refractivity contribution in [2.45, 2.75) is 65.5 Å². The molecule has 4 nitrogen and oxygen atoms in total. The summed E-state index contributed by atoms with van der Waals surface area (Å²) < 4.78 is 0. The lowest BCUT2D eigenvalue weighted by Crippen LogP contribution is -2.41. The molecule has 122 valence electrons. The number of nitrogens with zero attached hydrogens (tertiary/aromatic N) is 2. The molecule has 0 amide bonds. The predicted molar refractivity (Wildman–Crippen MR) is 104 cm³/mol. The highest BCUT2D eigenvalue weighted by Gasteiger charge is 2.06. The molecule has 1 aromatic rings. The summed E-state index contributed by atoms with van der Waals surface area (Å²) in [6.07, 6.45) is 8.05. The number of aryl methyl sites for hydroxylation is 1. The number of halogens is 1. The SMILES string of the molecule is CCCCCC(C)NC(=NC)NCc1ncc(CC)s1.I. The second kappa shape index (κ2) is 12.2. The largest absolute Gasteiger partial charge is 0.354 e. The molecule has 0 bridgehead atoms. The van der Waals surface area contributed by atoms with E-state index in [-0.39, 0.29) is 24.0 Å². The van der Waals surface area contributed by atoms with E-state index >= 15 is 0 Å². The third kappa shape index (κ3) is 8.60. The summed E-state index contributed by atoms with van der Waals surface area (Å²) in [5.74, 6) is 0.863. The van der Waals surface area contributed by atoms with Crippen molar-refractivity contribution in [2.24, 2.45) is 4.99 Å². The topological polar surface area (TPSA) is 49.3 Å². The molecule has 1 rings (SSSR count). The van der Waals surface area contributed by atoms with E-state index in [4.69, 9.17) is 0 Å². The highest BCUT2D eigenvalue weighted by atomic mass is 127. The first kappa shape index (κ1) is 20.6. The first-order chi connectivity index (χ1) is 9.69. The number of aromatic nitrogens is 1. The first-order valence-corrected chi connectivity index (χ1v) is 8.42. The standard InChI is InChI=1S/C15H28N4S.HI/c1-5-7-8-9-12(3)19-15(16-4)18-11-14-17-10-13(6-2)20-14;/h10,12H,5-9,11H2,1-4H3,(H2,16,18,19);1H. The molecule has 0 saturated heterocycles. The Balaban J connectivity index is 0.00000400. The summed E-state index contributed by atoms with van der Waals surface area (Å²) in [6, 6.07) is 0.454. The van der Waals surface area contributed by atoms with E-state index in [1.54, 1.807) is 11.3 Å². The van der Waals surface area contributed by atoms with Crippen molar-refractivity contribution in [3.05, 3.63) is 16.1 Å². The Morgan fingerprint density at radius 2 is 2.14 bits per heavy atom. The van der Waals surface area contributed by atoms with Gasteiger partial charge in [-0.25, -0.2) is 4.98 Å². The summed E-state index contributed by atoms with van der Waals surface area (Å²) in [5.41, 5.74) is 0. The Morgan fingerprint density at radius 1 is 1.38 bits per heavy atom. The van der Waals surface area contributed by atoms with E-state index in [9.17, 15) is 0 Å². The minimum atomic E-state index is 0. The van der Waals surface area contributed by atoms with Crippen molar-refractivity contribution >= 4 is 41.3 Å². The van der Waals surface area contributed by atoms with E-state index in [1.165, 1.54) is 30.6 Å². The van der Waals surface area contributed by atoms with Crippen LogP contribution >= 0.6 is 35.3 Å². The maximum Gasteiger partial charge on any atom is 0.191 e. The van der Waals surface area contributed by atoms with Gasteiger partial charge in [0, 0.05) is 24.2 Å². The zero-order valence-electron chi connectivity index (χ0n) is 13.6. The molecule has 0 aliphatic carbocycles. The van der Waals surface area contributed by atoms with Crippen molar-refractivity contribution in [3.8, 4) is 0 Å². The summed E-state index contributed by atoms with van der Waals surface area (Å²) in [6.45, 7) is 7.34. The van der Waals surface area contributed by atoms with Crippen LogP contribution in [0.2, 0.25) is 0 Å². The van der Waals surface area contributed by atoms with Gasteiger partial charge in [0.2, 0.25) is 0 Å². The molecular weight excluding hydrogens is 395 g/mol. The van der Waals surface area contributed by atoms with E-state index < -0.39 is 0 Å². The molecule has 0 saturated carbocycles.